The summed E-state index contributed by atoms with van der Waals surface area (Å²) in [7, 11) is 1.66. The van der Waals surface area contributed by atoms with Gasteiger partial charge in [-0.1, -0.05) is 12.1 Å². The van der Waals surface area contributed by atoms with Gasteiger partial charge in [-0.3, -0.25) is 0 Å². The average Bonchev–Trinajstić information content (AvgIpc) is 2.50. The Labute approximate surface area is 124 Å². The summed E-state index contributed by atoms with van der Waals surface area (Å²) in [5.41, 5.74) is 0.876. The number of nitrogens with one attached hydrogen (secondary N) is 2. The van der Waals surface area contributed by atoms with E-state index in [1.165, 1.54) is 0 Å². The van der Waals surface area contributed by atoms with Crippen LogP contribution in [0.5, 0.6) is 5.75 Å². The number of hydrogen-bond donors (Lipinski definition) is 2. The smallest absolute Gasteiger partial charge is 0.224 e. The van der Waals surface area contributed by atoms with Gasteiger partial charge in [0.1, 0.15) is 11.6 Å². The lowest BCUT2D eigenvalue weighted by molar-refractivity contribution is 0.210. The van der Waals surface area contributed by atoms with Gasteiger partial charge >= 0.3 is 0 Å². The van der Waals surface area contributed by atoms with Crippen LogP contribution in [0.15, 0.2) is 36.5 Å². The molecule has 2 rings (SSSR count). The Kier molecular flexibility index (Phi) is 5.78. The molecule has 0 spiro atoms. The Morgan fingerprint density at radius 2 is 2.05 bits per heavy atom. The van der Waals surface area contributed by atoms with E-state index in [9.17, 15) is 0 Å². The standard InChI is InChI=1S/C15H20N4O2/c1-3-21-13-7-5-4-6-12(13)18-14-8-9-16-15(19-14)17-10-11-20-2/h4-9H,3,10-11H2,1-2H3,(H2,16,17,18,19). The van der Waals surface area contributed by atoms with E-state index < -0.39 is 0 Å². The van der Waals surface area contributed by atoms with Crippen LogP contribution in [0.2, 0.25) is 0 Å². The number of para-hydroxylation sites is 2. The van der Waals surface area contributed by atoms with E-state index in [1.54, 1.807) is 13.3 Å². The molecule has 0 saturated carbocycles. The van der Waals surface area contributed by atoms with Gasteiger partial charge < -0.3 is 20.1 Å². The summed E-state index contributed by atoms with van der Waals surface area (Å²) < 4.78 is 10.6. The van der Waals surface area contributed by atoms with Crippen molar-refractivity contribution in [3.05, 3.63) is 36.5 Å². The monoisotopic (exact) mass is 288 g/mol. The number of hydrogen-bond acceptors (Lipinski definition) is 6. The molecule has 0 aliphatic rings. The molecule has 21 heavy (non-hydrogen) atoms. The molecule has 0 amide bonds. The van der Waals surface area contributed by atoms with Crippen molar-refractivity contribution in [3.8, 4) is 5.75 Å². The number of aromatic nitrogens is 2. The zero-order chi connectivity index (χ0) is 14.9. The zero-order valence-corrected chi connectivity index (χ0v) is 12.3. The van der Waals surface area contributed by atoms with Crippen molar-refractivity contribution in [1.29, 1.82) is 0 Å². The van der Waals surface area contributed by atoms with Crippen molar-refractivity contribution in [2.24, 2.45) is 0 Å². The van der Waals surface area contributed by atoms with Crippen molar-refractivity contribution in [2.75, 3.05) is 37.5 Å². The normalized spacial score (nSPS) is 10.2. The number of benzene rings is 1. The van der Waals surface area contributed by atoms with Crippen LogP contribution in [0.1, 0.15) is 6.92 Å². The molecule has 2 aromatic rings. The second-order valence-corrected chi connectivity index (χ2v) is 4.24. The summed E-state index contributed by atoms with van der Waals surface area (Å²) in [6, 6.07) is 9.57. The second kappa shape index (κ2) is 8.06. The number of nitrogens with zero attached hydrogens (tertiary/aromatic N) is 2. The first kappa shape index (κ1) is 15.1. The van der Waals surface area contributed by atoms with E-state index in [0.717, 1.165) is 11.4 Å². The molecule has 6 heteroatoms. The molecular formula is C15H20N4O2. The highest BCUT2D eigenvalue weighted by Gasteiger charge is 2.04. The summed E-state index contributed by atoms with van der Waals surface area (Å²) in [6.45, 7) is 3.84. The topological polar surface area (TPSA) is 68.3 Å². The molecule has 0 fully saturated rings. The Morgan fingerprint density at radius 1 is 1.19 bits per heavy atom. The second-order valence-electron chi connectivity index (χ2n) is 4.24. The van der Waals surface area contributed by atoms with Gasteiger partial charge in [0.25, 0.3) is 0 Å². The number of rotatable bonds is 8. The minimum absolute atomic E-state index is 0.561. The largest absolute Gasteiger partial charge is 0.492 e. The van der Waals surface area contributed by atoms with Crippen molar-refractivity contribution in [1.82, 2.24) is 9.97 Å². The van der Waals surface area contributed by atoms with E-state index in [1.807, 2.05) is 37.3 Å². The zero-order valence-electron chi connectivity index (χ0n) is 12.3. The van der Waals surface area contributed by atoms with Crippen LogP contribution < -0.4 is 15.4 Å². The van der Waals surface area contributed by atoms with Gasteiger partial charge in [-0.15, -0.1) is 0 Å². The van der Waals surface area contributed by atoms with Crippen molar-refractivity contribution >= 4 is 17.5 Å². The molecular weight excluding hydrogens is 268 g/mol. The lowest BCUT2D eigenvalue weighted by Crippen LogP contribution is -2.10. The van der Waals surface area contributed by atoms with Crippen LogP contribution in [0.4, 0.5) is 17.5 Å². The molecule has 2 N–H and O–H groups in total. The van der Waals surface area contributed by atoms with Gasteiger partial charge in [0.15, 0.2) is 0 Å². The Hall–Kier alpha value is -2.34. The van der Waals surface area contributed by atoms with Crippen LogP contribution >= 0.6 is 0 Å². The first-order valence-corrected chi connectivity index (χ1v) is 6.88. The number of methoxy groups -OCH3 is 1. The van der Waals surface area contributed by atoms with Gasteiger partial charge in [-0.25, -0.2) is 4.98 Å². The molecule has 0 unspecified atom stereocenters. The molecule has 0 radical (unpaired) electrons. The maximum absolute atomic E-state index is 5.58. The first-order valence-electron chi connectivity index (χ1n) is 6.88. The fourth-order valence-electron chi connectivity index (χ4n) is 1.77. The van der Waals surface area contributed by atoms with E-state index in [0.29, 0.717) is 31.5 Å². The van der Waals surface area contributed by atoms with Gasteiger partial charge in [-0.05, 0) is 25.1 Å². The summed E-state index contributed by atoms with van der Waals surface area (Å²) in [6.07, 6.45) is 1.70. The third-order valence-corrected chi connectivity index (χ3v) is 2.69. The quantitative estimate of drug-likeness (QED) is 0.728. The van der Waals surface area contributed by atoms with Crippen molar-refractivity contribution in [3.63, 3.8) is 0 Å². The highest BCUT2D eigenvalue weighted by molar-refractivity contribution is 5.64. The maximum Gasteiger partial charge on any atom is 0.224 e. The van der Waals surface area contributed by atoms with E-state index >= 15 is 0 Å². The number of anilines is 3. The van der Waals surface area contributed by atoms with Gasteiger partial charge in [0.05, 0.1) is 18.9 Å². The van der Waals surface area contributed by atoms with E-state index in [4.69, 9.17) is 9.47 Å². The minimum Gasteiger partial charge on any atom is -0.492 e. The van der Waals surface area contributed by atoms with Gasteiger partial charge in [0, 0.05) is 19.9 Å². The van der Waals surface area contributed by atoms with E-state index in [2.05, 4.69) is 20.6 Å². The summed E-state index contributed by atoms with van der Waals surface area (Å²) in [5.74, 6) is 2.07. The fourth-order valence-corrected chi connectivity index (χ4v) is 1.77. The van der Waals surface area contributed by atoms with Crippen molar-refractivity contribution < 1.29 is 9.47 Å². The number of ether oxygens (including phenoxy) is 2. The minimum atomic E-state index is 0.561. The molecule has 1 aromatic carbocycles. The highest BCUT2D eigenvalue weighted by atomic mass is 16.5. The molecule has 0 aliphatic carbocycles. The third-order valence-electron chi connectivity index (χ3n) is 2.69. The van der Waals surface area contributed by atoms with Crippen LogP contribution in [0.25, 0.3) is 0 Å². The SMILES string of the molecule is CCOc1ccccc1Nc1ccnc(NCCOC)n1. The van der Waals surface area contributed by atoms with Gasteiger partial charge in [0.2, 0.25) is 5.95 Å². The summed E-state index contributed by atoms with van der Waals surface area (Å²) >= 11 is 0. The average molecular weight is 288 g/mol. The summed E-state index contributed by atoms with van der Waals surface area (Å²) in [4.78, 5) is 8.56. The Balaban J connectivity index is 2.07. The summed E-state index contributed by atoms with van der Waals surface area (Å²) in [5, 5.41) is 6.33. The first-order chi connectivity index (χ1) is 10.3. The molecule has 1 heterocycles. The molecule has 6 nitrogen and oxygen atoms in total. The molecule has 0 aliphatic heterocycles. The third kappa shape index (κ3) is 4.61. The van der Waals surface area contributed by atoms with Crippen LogP contribution in [0.3, 0.4) is 0 Å². The Morgan fingerprint density at radius 3 is 2.86 bits per heavy atom. The van der Waals surface area contributed by atoms with Crippen molar-refractivity contribution in [2.45, 2.75) is 6.92 Å². The fraction of sp³-hybridized carbons (Fsp3) is 0.333. The van der Waals surface area contributed by atoms with Gasteiger partial charge in [-0.2, -0.15) is 4.98 Å². The molecule has 0 bridgehead atoms. The molecule has 1 aromatic heterocycles. The Bertz CT molecular complexity index is 563. The maximum atomic E-state index is 5.58. The van der Waals surface area contributed by atoms with E-state index in [-0.39, 0.29) is 0 Å². The predicted octanol–water partition coefficient (Wildman–Crippen LogP) is 2.68. The predicted molar refractivity (Wildman–Crippen MR) is 83.3 cm³/mol. The molecule has 112 valence electrons. The lowest BCUT2D eigenvalue weighted by atomic mass is 10.3. The molecule has 0 atom stereocenters. The highest BCUT2D eigenvalue weighted by Crippen LogP contribution is 2.26. The van der Waals surface area contributed by atoms with Crippen LogP contribution in [0, 0.1) is 0 Å². The lowest BCUT2D eigenvalue weighted by Gasteiger charge is -2.12. The van der Waals surface area contributed by atoms with Crippen LogP contribution in [-0.4, -0.2) is 36.8 Å². The molecule has 0 saturated heterocycles. The van der Waals surface area contributed by atoms with Crippen LogP contribution in [-0.2, 0) is 4.74 Å².